The summed E-state index contributed by atoms with van der Waals surface area (Å²) in [6, 6.07) is 0. The van der Waals surface area contributed by atoms with Gasteiger partial charge in [-0.2, -0.15) is 5.10 Å². The Morgan fingerprint density at radius 3 is 2.52 bits per heavy atom. The van der Waals surface area contributed by atoms with Crippen LogP contribution >= 0.6 is 0 Å². The third kappa shape index (κ3) is 3.43. The number of rotatable bonds is 3. The second kappa shape index (κ2) is 6.24. The van der Waals surface area contributed by atoms with Crippen molar-refractivity contribution in [3.63, 3.8) is 0 Å². The number of nitrogens with zero attached hydrogens (tertiary/aromatic N) is 5. The molecule has 0 unspecified atom stereocenters. The SMILES string of the molecule is Cc1nn(CCC(=O)N2Cc3cnc(C(C)(C)C)nc3C2)c(C)c1C. The maximum absolute atomic E-state index is 12.6. The quantitative estimate of drug-likeness (QED) is 0.861. The first kappa shape index (κ1) is 17.6. The van der Waals surface area contributed by atoms with Gasteiger partial charge in [0.05, 0.1) is 17.9 Å². The van der Waals surface area contributed by atoms with E-state index in [9.17, 15) is 4.79 Å². The second-order valence-electron chi connectivity index (χ2n) is 7.93. The number of hydrogen-bond donors (Lipinski definition) is 0. The molecule has 1 amide bonds. The third-order valence-electron chi connectivity index (χ3n) is 4.96. The first-order valence-electron chi connectivity index (χ1n) is 8.80. The summed E-state index contributed by atoms with van der Waals surface area (Å²) in [6.07, 6.45) is 2.33. The van der Waals surface area contributed by atoms with Gasteiger partial charge in [0, 0.05) is 42.4 Å². The summed E-state index contributed by atoms with van der Waals surface area (Å²) in [5, 5.41) is 4.51. The van der Waals surface area contributed by atoms with E-state index >= 15 is 0 Å². The van der Waals surface area contributed by atoms with Crippen LogP contribution in [0.15, 0.2) is 6.20 Å². The summed E-state index contributed by atoms with van der Waals surface area (Å²) >= 11 is 0. The van der Waals surface area contributed by atoms with Crippen molar-refractivity contribution in [2.24, 2.45) is 0 Å². The molecule has 134 valence electrons. The minimum atomic E-state index is -0.0835. The summed E-state index contributed by atoms with van der Waals surface area (Å²) in [7, 11) is 0. The molecule has 0 saturated heterocycles. The summed E-state index contributed by atoms with van der Waals surface area (Å²) in [5.41, 5.74) is 5.32. The normalized spacial score (nSPS) is 14.1. The van der Waals surface area contributed by atoms with Crippen molar-refractivity contribution in [3.8, 4) is 0 Å². The van der Waals surface area contributed by atoms with Crippen LogP contribution in [0.1, 0.15) is 61.2 Å². The molecule has 0 saturated carbocycles. The molecule has 3 rings (SSSR count). The molecule has 0 N–H and O–H groups in total. The van der Waals surface area contributed by atoms with Crippen molar-refractivity contribution in [3.05, 3.63) is 40.2 Å². The van der Waals surface area contributed by atoms with Crippen LogP contribution in [-0.2, 0) is 29.8 Å². The van der Waals surface area contributed by atoms with Gasteiger partial charge in [-0.15, -0.1) is 0 Å². The molecule has 0 fully saturated rings. The number of carbonyl (C=O) groups excluding carboxylic acids is 1. The van der Waals surface area contributed by atoms with Gasteiger partial charge in [-0.25, -0.2) is 9.97 Å². The van der Waals surface area contributed by atoms with E-state index in [4.69, 9.17) is 0 Å². The highest BCUT2D eigenvalue weighted by Gasteiger charge is 2.27. The Morgan fingerprint density at radius 2 is 1.92 bits per heavy atom. The minimum Gasteiger partial charge on any atom is -0.332 e. The predicted molar refractivity (Wildman–Crippen MR) is 96.0 cm³/mol. The average molecular weight is 341 g/mol. The van der Waals surface area contributed by atoms with Crippen LogP contribution in [0, 0.1) is 20.8 Å². The van der Waals surface area contributed by atoms with E-state index in [1.54, 1.807) is 0 Å². The van der Waals surface area contributed by atoms with E-state index in [-0.39, 0.29) is 11.3 Å². The highest BCUT2D eigenvalue weighted by Crippen LogP contribution is 2.25. The molecule has 0 spiro atoms. The van der Waals surface area contributed by atoms with Crippen LogP contribution in [0.5, 0.6) is 0 Å². The molecule has 25 heavy (non-hydrogen) atoms. The van der Waals surface area contributed by atoms with Crippen LogP contribution in [0.3, 0.4) is 0 Å². The smallest absolute Gasteiger partial charge is 0.225 e. The van der Waals surface area contributed by atoms with Gasteiger partial charge in [-0.1, -0.05) is 20.8 Å². The van der Waals surface area contributed by atoms with Crippen molar-refractivity contribution in [1.29, 1.82) is 0 Å². The van der Waals surface area contributed by atoms with Gasteiger partial charge in [-0.05, 0) is 26.3 Å². The van der Waals surface area contributed by atoms with Crippen LogP contribution in [0.2, 0.25) is 0 Å². The Morgan fingerprint density at radius 1 is 1.20 bits per heavy atom. The Kier molecular flexibility index (Phi) is 4.39. The average Bonchev–Trinajstić information content (AvgIpc) is 3.08. The van der Waals surface area contributed by atoms with Crippen molar-refractivity contribution in [2.75, 3.05) is 0 Å². The fraction of sp³-hybridized carbons (Fsp3) is 0.579. The van der Waals surface area contributed by atoms with E-state index in [0.717, 1.165) is 28.5 Å². The highest BCUT2D eigenvalue weighted by atomic mass is 16.2. The van der Waals surface area contributed by atoms with E-state index in [2.05, 4.69) is 49.7 Å². The van der Waals surface area contributed by atoms with E-state index in [1.807, 2.05) is 22.7 Å². The number of carbonyl (C=O) groups is 1. The van der Waals surface area contributed by atoms with Gasteiger partial charge >= 0.3 is 0 Å². The predicted octanol–water partition coefficient (Wildman–Crippen LogP) is 2.83. The van der Waals surface area contributed by atoms with Gasteiger partial charge in [0.25, 0.3) is 0 Å². The number of aryl methyl sites for hydroxylation is 2. The monoisotopic (exact) mass is 341 g/mol. The summed E-state index contributed by atoms with van der Waals surface area (Å²) in [5.74, 6) is 0.971. The van der Waals surface area contributed by atoms with Crippen LogP contribution in [-0.4, -0.2) is 30.6 Å². The van der Waals surface area contributed by atoms with Crippen LogP contribution in [0.4, 0.5) is 0 Å². The molecule has 1 aliphatic rings. The molecule has 0 aromatic carbocycles. The molecule has 0 radical (unpaired) electrons. The van der Waals surface area contributed by atoms with E-state index in [0.29, 0.717) is 26.1 Å². The molecule has 6 heteroatoms. The zero-order valence-electron chi connectivity index (χ0n) is 16.1. The zero-order valence-corrected chi connectivity index (χ0v) is 16.1. The Labute approximate surface area is 149 Å². The van der Waals surface area contributed by atoms with Gasteiger partial charge in [-0.3, -0.25) is 9.48 Å². The van der Waals surface area contributed by atoms with Crippen LogP contribution < -0.4 is 0 Å². The van der Waals surface area contributed by atoms with Crippen molar-refractivity contribution >= 4 is 5.91 Å². The largest absolute Gasteiger partial charge is 0.332 e. The summed E-state index contributed by atoms with van der Waals surface area (Å²) in [6.45, 7) is 14.2. The second-order valence-corrected chi connectivity index (χ2v) is 7.93. The molecular formula is C19H27N5O. The van der Waals surface area contributed by atoms with Gasteiger partial charge in [0.15, 0.2) is 0 Å². The molecule has 0 aliphatic carbocycles. The third-order valence-corrected chi connectivity index (χ3v) is 4.96. The fourth-order valence-corrected chi connectivity index (χ4v) is 3.05. The van der Waals surface area contributed by atoms with Crippen LogP contribution in [0.25, 0.3) is 0 Å². The topological polar surface area (TPSA) is 63.9 Å². The Bertz CT molecular complexity index is 816. The fourth-order valence-electron chi connectivity index (χ4n) is 3.05. The Hall–Kier alpha value is -2.24. The maximum Gasteiger partial charge on any atom is 0.225 e. The Balaban J connectivity index is 1.65. The molecule has 0 atom stereocenters. The number of fused-ring (bicyclic) bond motifs is 1. The molecule has 6 nitrogen and oxygen atoms in total. The number of hydrogen-bond acceptors (Lipinski definition) is 4. The lowest BCUT2D eigenvalue weighted by molar-refractivity contribution is -0.132. The summed E-state index contributed by atoms with van der Waals surface area (Å²) < 4.78 is 1.93. The maximum atomic E-state index is 12.6. The molecule has 2 aromatic rings. The van der Waals surface area contributed by atoms with Gasteiger partial charge in [0.2, 0.25) is 5.91 Å². The van der Waals surface area contributed by atoms with Crippen molar-refractivity contribution in [2.45, 2.75) is 73.0 Å². The lowest BCUT2D eigenvalue weighted by Gasteiger charge is -2.16. The standard InChI is InChI=1S/C19H27N5O/c1-12-13(2)22-24(14(12)3)8-7-17(25)23-10-15-9-20-18(19(4,5)6)21-16(15)11-23/h9H,7-8,10-11H2,1-6H3. The number of amides is 1. The molecular weight excluding hydrogens is 314 g/mol. The number of aromatic nitrogens is 4. The van der Waals surface area contributed by atoms with Gasteiger partial charge in [0.1, 0.15) is 5.82 Å². The minimum absolute atomic E-state index is 0.0835. The first-order chi connectivity index (χ1) is 11.7. The summed E-state index contributed by atoms with van der Waals surface area (Å²) in [4.78, 5) is 23.6. The van der Waals surface area contributed by atoms with Gasteiger partial charge < -0.3 is 4.90 Å². The molecule has 2 aromatic heterocycles. The van der Waals surface area contributed by atoms with Crippen molar-refractivity contribution < 1.29 is 4.79 Å². The lowest BCUT2D eigenvalue weighted by Crippen LogP contribution is -2.26. The lowest BCUT2D eigenvalue weighted by atomic mass is 9.95. The van der Waals surface area contributed by atoms with E-state index in [1.165, 1.54) is 5.56 Å². The van der Waals surface area contributed by atoms with E-state index < -0.39 is 0 Å². The first-order valence-corrected chi connectivity index (χ1v) is 8.80. The molecule has 3 heterocycles. The molecule has 0 bridgehead atoms. The van der Waals surface area contributed by atoms with Crippen molar-refractivity contribution in [1.82, 2.24) is 24.6 Å². The highest BCUT2D eigenvalue weighted by molar-refractivity contribution is 5.76. The zero-order chi connectivity index (χ0) is 18.4. The molecule has 1 aliphatic heterocycles.